The van der Waals surface area contributed by atoms with Crippen LogP contribution in [0.3, 0.4) is 0 Å². The van der Waals surface area contributed by atoms with E-state index in [1.165, 1.54) is 16.6 Å². The van der Waals surface area contributed by atoms with Crippen LogP contribution in [0.2, 0.25) is 10.3 Å². The molecule has 7 heteroatoms. The van der Waals surface area contributed by atoms with Crippen LogP contribution in [0, 0.1) is 16.3 Å². The molecule has 0 saturated carbocycles. The number of rotatable bonds is 1. The van der Waals surface area contributed by atoms with E-state index in [0.29, 0.717) is 21.9 Å². The van der Waals surface area contributed by atoms with Crippen molar-refractivity contribution < 1.29 is 4.39 Å². The second kappa shape index (κ2) is 5.13. The maximum Gasteiger partial charge on any atom is 0.172 e. The van der Waals surface area contributed by atoms with Gasteiger partial charge in [0.1, 0.15) is 16.1 Å². The van der Waals surface area contributed by atoms with E-state index in [9.17, 15) is 4.39 Å². The van der Waals surface area contributed by atoms with Gasteiger partial charge < -0.3 is 0 Å². The maximum atomic E-state index is 13.4. The van der Waals surface area contributed by atoms with E-state index in [-0.39, 0.29) is 11.0 Å². The molecule has 0 radical (unpaired) electrons. The fourth-order valence-corrected chi connectivity index (χ4v) is 3.05. The molecule has 3 rings (SSSR count). The number of benzene rings is 1. The molecular weight excluding hydrogens is 415 g/mol. The smallest absolute Gasteiger partial charge is 0.172 e. The van der Waals surface area contributed by atoms with Crippen LogP contribution in [0.25, 0.3) is 16.8 Å². The number of hydrogen-bond donors (Lipinski definition) is 0. The lowest BCUT2D eigenvalue weighted by molar-refractivity contribution is 0.628. The number of hydrogen-bond acceptors (Lipinski definition) is 2. The van der Waals surface area contributed by atoms with Crippen LogP contribution in [0.15, 0.2) is 24.3 Å². The monoisotopic (exact) mass is 421 g/mol. The van der Waals surface area contributed by atoms with Crippen LogP contribution in [-0.4, -0.2) is 14.6 Å². The van der Waals surface area contributed by atoms with Crippen LogP contribution in [0.5, 0.6) is 0 Å². The largest absolute Gasteiger partial charge is 0.215 e. The fourth-order valence-electron chi connectivity index (χ4n) is 1.95. The molecule has 0 aliphatic rings. The van der Waals surface area contributed by atoms with Crippen molar-refractivity contribution in [2.24, 2.45) is 0 Å². The molecule has 3 aromatic rings. The molecule has 0 N–H and O–H groups in total. The van der Waals surface area contributed by atoms with Gasteiger partial charge in [0.2, 0.25) is 0 Å². The van der Waals surface area contributed by atoms with Gasteiger partial charge in [0.25, 0.3) is 0 Å². The van der Waals surface area contributed by atoms with E-state index in [4.69, 9.17) is 23.2 Å². The summed E-state index contributed by atoms with van der Waals surface area (Å²) in [6, 6.07) is 6.05. The summed E-state index contributed by atoms with van der Waals surface area (Å²) in [5.41, 5.74) is 2.45. The van der Waals surface area contributed by atoms with Gasteiger partial charge in [0.05, 0.1) is 14.8 Å². The lowest BCUT2D eigenvalue weighted by Crippen LogP contribution is -1.97. The van der Waals surface area contributed by atoms with Crippen molar-refractivity contribution in [3.05, 3.63) is 49.7 Å². The summed E-state index contributed by atoms with van der Waals surface area (Å²) in [6.07, 6.45) is 0. The summed E-state index contributed by atoms with van der Waals surface area (Å²) in [5, 5.41) is 4.87. The second-order valence-electron chi connectivity index (χ2n) is 4.21. The molecule has 20 heavy (non-hydrogen) atoms. The highest BCUT2D eigenvalue weighted by Crippen LogP contribution is 2.35. The molecule has 0 fully saturated rings. The molecule has 0 atom stereocenters. The number of halogens is 4. The van der Waals surface area contributed by atoms with Crippen molar-refractivity contribution in [2.45, 2.75) is 6.92 Å². The normalized spacial score (nSPS) is 11.2. The van der Waals surface area contributed by atoms with Gasteiger partial charge in [-0.1, -0.05) is 35.3 Å². The Balaban J connectivity index is 2.37. The molecule has 0 unspecified atom stereocenters. The van der Waals surface area contributed by atoms with Crippen LogP contribution in [-0.2, 0) is 0 Å². The molecule has 0 spiro atoms. The average molecular weight is 422 g/mol. The van der Waals surface area contributed by atoms with Crippen molar-refractivity contribution in [1.29, 1.82) is 0 Å². The van der Waals surface area contributed by atoms with Crippen molar-refractivity contribution >= 4 is 51.4 Å². The number of aryl methyl sites for hydroxylation is 1. The predicted molar refractivity (Wildman–Crippen MR) is 85.9 cm³/mol. The van der Waals surface area contributed by atoms with Gasteiger partial charge in [-0.2, -0.15) is 5.10 Å². The fraction of sp³-hybridized carbons (Fsp3) is 0.0769. The summed E-state index contributed by atoms with van der Waals surface area (Å²) in [6.45, 7) is 1.86. The van der Waals surface area contributed by atoms with Gasteiger partial charge in [0.15, 0.2) is 5.65 Å². The first-order valence-electron chi connectivity index (χ1n) is 5.65. The van der Waals surface area contributed by atoms with Crippen LogP contribution in [0.1, 0.15) is 5.69 Å². The minimum absolute atomic E-state index is 0.228. The molecule has 3 nitrogen and oxygen atoms in total. The summed E-state index contributed by atoms with van der Waals surface area (Å²) >= 11 is 14.7. The van der Waals surface area contributed by atoms with Gasteiger partial charge in [-0.25, -0.2) is 13.9 Å². The molecule has 0 aliphatic carbocycles. The van der Waals surface area contributed by atoms with Crippen molar-refractivity contribution in [1.82, 2.24) is 14.6 Å². The highest BCUT2D eigenvalue weighted by Gasteiger charge is 2.18. The quantitative estimate of drug-likeness (QED) is 0.419. The van der Waals surface area contributed by atoms with Crippen LogP contribution < -0.4 is 0 Å². The van der Waals surface area contributed by atoms with Crippen LogP contribution >= 0.6 is 45.8 Å². The Bertz CT molecular complexity index is 832. The Hall–Kier alpha value is -0.920. The molecule has 2 heterocycles. The van der Waals surface area contributed by atoms with E-state index in [1.54, 1.807) is 12.1 Å². The topological polar surface area (TPSA) is 30.2 Å². The zero-order chi connectivity index (χ0) is 14.4. The number of nitrogens with zero attached hydrogens (tertiary/aromatic N) is 3. The lowest BCUT2D eigenvalue weighted by Gasteiger charge is -2.08. The van der Waals surface area contributed by atoms with Gasteiger partial charge in [-0.3, -0.25) is 0 Å². The summed E-state index contributed by atoms with van der Waals surface area (Å²) in [4.78, 5) is 4.31. The van der Waals surface area contributed by atoms with Crippen molar-refractivity contribution in [3.63, 3.8) is 0 Å². The Kier molecular flexibility index (Phi) is 3.60. The Morgan fingerprint density at radius 3 is 2.75 bits per heavy atom. The average Bonchev–Trinajstić information content (AvgIpc) is 2.67. The van der Waals surface area contributed by atoms with Crippen molar-refractivity contribution in [3.8, 4) is 11.1 Å². The van der Waals surface area contributed by atoms with Gasteiger partial charge >= 0.3 is 0 Å². The molecular formula is C13H7Cl2FIN3. The maximum absolute atomic E-state index is 13.4. The molecule has 0 saturated heterocycles. The third-order valence-electron chi connectivity index (χ3n) is 2.88. The minimum atomic E-state index is -0.360. The van der Waals surface area contributed by atoms with Gasteiger partial charge in [-0.15, -0.1) is 0 Å². The first kappa shape index (κ1) is 14.0. The van der Waals surface area contributed by atoms with Crippen molar-refractivity contribution in [2.75, 3.05) is 0 Å². The standard InChI is InChI=1S/C13H7Cl2FIN3/c1-6-10(17)13-18-11(14)9(12(15)20(13)19-6)7-3-2-4-8(16)5-7/h2-5H,1H3. The third kappa shape index (κ3) is 2.17. The summed E-state index contributed by atoms with van der Waals surface area (Å²) < 4.78 is 15.8. The molecule has 2 aromatic heterocycles. The third-order valence-corrected chi connectivity index (χ3v) is 4.77. The highest BCUT2D eigenvalue weighted by atomic mass is 127. The first-order valence-corrected chi connectivity index (χ1v) is 7.48. The molecule has 102 valence electrons. The molecule has 1 aromatic carbocycles. The highest BCUT2D eigenvalue weighted by molar-refractivity contribution is 14.1. The Labute approximate surface area is 137 Å². The zero-order valence-corrected chi connectivity index (χ0v) is 13.8. The van der Waals surface area contributed by atoms with E-state index in [0.717, 1.165) is 9.26 Å². The lowest BCUT2D eigenvalue weighted by atomic mass is 10.1. The number of aromatic nitrogens is 3. The van der Waals surface area contributed by atoms with E-state index < -0.39 is 0 Å². The van der Waals surface area contributed by atoms with Crippen LogP contribution in [0.4, 0.5) is 4.39 Å². The Morgan fingerprint density at radius 2 is 2.05 bits per heavy atom. The van der Waals surface area contributed by atoms with Gasteiger partial charge in [-0.05, 0) is 47.2 Å². The van der Waals surface area contributed by atoms with Gasteiger partial charge in [0, 0.05) is 0 Å². The summed E-state index contributed by atoms with van der Waals surface area (Å²) in [7, 11) is 0. The predicted octanol–water partition coefficient (Wildman–Crippen LogP) is 4.76. The SMILES string of the molecule is Cc1nn2c(Cl)c(-c3cccc(F)c3)c(Cl)nc2c1I. The molecule has 0 amide bonds. The minimum Gasteiger partial charge on any atom is -0.215 e. The zero-order valence-electron chi connectivity index (χ0n) is 10.2. The molecule has 0 bridgehead atoms. The second-order valence-corrected chi connectivity index (χ2v) is 6.01. The summed E-state index contributed by atoms with van der Waals surface area (Å²) in [5.74, 6) is -0.360. The van der Waals surface area contributed by atoms with E-state index >= 15 is 0 Å². The van der Waals surface area contributed by atoms with E-state index in [1.807, 2.05) is 6.92 Å². The van der Waals surface area contributed by atoms with E-state index in [2.05, 4.69) is 32.7 Å². The number of fused-ring (bicyclic) bond motifs is 1. The molecule has 0 aliphatic heterocycles. The first-order chi connectivity index (χ1) is 9.49. The Morgan fingerprint density at radius 1 is 1.30 bits per heavy atom.